The molecule has 0 N–H and O–H groups in total. The Bertz CT molecular complexity index is 20.0. The summed E-state index contributed by atoms with van der Waals surface area (Å²) in [6.45, 7) is 6.18. The zero-order valence-corrected chi connectivity index (χ0v) is 9.36. The first-order valence-corrected chi connectivity index (χ1v) is 5.04. The molecule has 7 heavy (non-hydrogen) atoms. The Hall–Kier alpha value is 1.46. The van der Waals surface area contributed by atoms with Gasteiger partial charge in [0.25, 0.3) is 0 Å². The summed E-state index contributed by atoms with van der Waals surface area (Å²) in [5.74, 6) is 0. The zero-order valence-electron chi connectivity index (χ0n) is 5.04. The van der Waals surface area contributed by atoms with Crippen LogP contribution >= 0.6 is 45.2 Å². The number of alkyl halides is 2. The van der Waals surface area contributed by atoms with E-state index in [1.54, 1.807) is 0 Å². The highest BCUT2D eigenvalue weighted by Gasteiger charge is 1.85. The average molecular weight is 326 g/mol. The normalized spacial score (nSPS) is 7.71. The fourth-order valence-corrected chi connectivity index (χ4v) is 0. The standard InChI is InChI=1S/C3H6I2.C2H6/c1-2-3(4)5;1-2/h3H,2H2,1H3;1-2H3. The minimum absolute atomic E-state index is 0.824. The van der Waals surface area contributed by atoms with Gasteiger partial charge in [-0.05, 0) is 6.42 Å². The molecule has 0 aromatic heterocycles. The lowest BCUT2D eigenvalue weighted by molar-refractivity contribution is 1.11. The molecule has 0 fully saturated rings. The Morgan fingerprint density at radius 3 is 1.43 bits per heavy atom. The van der Waals surface area contributed by atoms with Crippen LogP contribution in [-0.2, 0) is 0 Å². The summed E-state index contributed by atoms with van der Waals surface area (Å²) in [6, 6.07) is 0. The fourth-order valence-electron chi connectivity index (χ4n) is 0. The maximum atomic E-state index is 2.39. The number of rotatable bonds is 1. The van der Waals surface area contributed by atoms with Crippen LogP contribution in [0.4, 0.5) is 0 Å². The second kappa shape index (κ2) is 10.4. The van der Waals surface area contributed by atoms with Crippen LogP contribution in [0.1, 0.15) is 27.2 Å². The van der Waals surface area contributed by atoms with E-state index >= 15 is 0 Å². The van der Waals surface area contributed by atoms with E-state index in [1.165, 1.54) is 6.42 Å². The van der Waals surface area contributed by atoms with Crippen LogP contribution in [0.3, 0.4) is 0 Å². The first kappa shape index (κ1) is 11.3. The summed E-state index contributed by atoms with van der Waals surface area (Å²) >= 11 is 4.79. The number of hydrogen-bond donors (Lipinski definition) is 0. The van der Waals surface area contributed by atoms with Crippen LogP contribution in [0.2, 0.25) is 0 Å². The van der Waals surface area contributed by atoms with Gasteiger partial charge in [0.15, 0.2) is 0 Å². The van der Waals surface area contributed by atoms with Gasteiger partial charge in [0.05, 0.1) is 1.93 Å². The van der Waals surface area contributed by atoms with Crippen LogP contribution in [0, 0.1) is 0 Å². The molecule has 0 aromatic rings. The summed E-state index contributed by atoms with van der Waals surface area (Å²) in [4.78, 5) is 0. The van der Waals surface area contributed by atoms with Crippen LogP contribution in [0.5, 0.6) is 0 Å². The molecule has 0 saturated carbocycles. The van der Waals surface area contributed by atoms with E-state index in [1.807, 2.05) is 13.8 Å². The molecule has 0 atom stereocenters. The zero-order chi connectivity index (χ0) is 6.28. The Morgan fingerprint density at radius 2 is 1.43 bits per heavy atom. The first-order valence-electron chi connectivity index (χ1n) is 2.55. The van der Waals surface area contributed by atoms with Gasteiger partial charge in [0.1, 0.15) is 0 Å². The molecule has 2 heteroatoms. The summed E-state index contributed by atoms with van der Waals surface area (Å²) < 4.78 is 0.824. The highest BCUT2D eigenvalue weighted by atomic mass is 127. The van der Waals surface area contributed by atoms with Gasteiger partial charge >= 0.3 is 0 Å². The quantitative estimate of drug-likeness (QED) is 0.510. The minimum Gasteiger partial charge on any atom is -0.0710 e. The topological polar surface area (TPSA) is 0 Å². The van der Waals surface area contributed by atoms with Crippen molar-refractivity contribution >= 4 is 45.2 Å². The van der Waals surface area contributed by atoms with Gasteiger partial charge in [-0.3, -0.25) is 0 Å². The highest BCUT2D eigenvalue weighted by Crippen LogP contribution is 2.11. The molecule has 0 saturated heterocycles. The smallest absolute Gasteiger partial charge is 0.0624 e. The van der Waals surface area contributed by atoms with Crippen LogP contribution in [0.15, 0.2) is 0 Å². The van der Waals surface area contributed by atoms with Crippen molar-refractivity contribution in [3.8, 4) is 0 Å². The Kier molecular flexibility index (Phi) is 16.8. The van der Waals surface area contributed by atoms with E-state index in [9.17, 15) is 0 Å². The van der Waals surface area contributed by atoms with E-state index in [4.69, 9.17) is 0 Å². The van der Waals surface area contributed by atoms with E-state index in [-0.39, 0.29) is 0 Å². The third-order valence-electron chi connectivity index (χ3n) is 0.309. The third-order valence-corrected chi connectivity index (χ3v) is 2.07. The molecule has 0 spiro atoms. The van der Waals surface area contributed by atoms with Gasteiger partial charge in [0, 0.05) is 0 Å². The van der Waals surface area contributed by atoms with Gasteiger partial charge in [0.2, 0.25) is 0 Å². The highest BCUT2D eigenvalue weighted by molar-refractivity contribution is 14.2. The predicted octanol–water partition coefficient (Wildman–Crippen LogP) is 3.62. The molecule has 0 radical (unpaired) electrons. The molecular formula is C5H12I2. The van der Waals surface area contributed by atoms with Crippen molar-refractivity contribution in [3.05, 3.63) is 0 Å². The van der Waals surface area contributed by atoms with Gasteiger partial charge in [-0.2, -0.15) is 0 Å². The second-order valence-corrected chi connectivity index (χ2v) is 6.19. The van der Waals surface area contributed by atoms with Gasteiger partial charge in [-0.1, -0.05) is 66.0 Å². The minimum atomic E-state index is 0.824. The lowest BCUT2D eigenvalue weighted by Crippen LogP contribution is -1.72. The lowest BCUT2D eigenvalue weighted by atomic mass is 10.6. The van der Waals surface area contributed by atoms with Crippen molar-refractivity contribution in [3.63, 3.8) is 0 Å². The lowest BCUT2D eigenvalue weighted by Gasteiger charge is -1.85. The van der Waals surface area contributed by atoms with E-state index in [0.717, 1.165) is 1.93 Å². The molecule has 0 aliphatic heterocycles. The maximum Gasteiger partial charge on any atom is 0.0624 e. The van der Waals surface area contributed by atoms with E-state index in [2.05, 4.69) is 52.1 Å². The molecule has 0 heterocycles. The SMILES string of the molecule is CC.CCC(I)I. The molecular weight excluding hydrogens is 314 g/mol. The van der Waals surface area contributed by atoms with Crippen molar-refractivity contribution in [2.75, 3.05) is 0 Å². The molecule has 0 amide bonds. The fraction of sp³-hybridized carbons (Fsp3) is 1.00. The molecule has 0 bridgehead atoms. The number of hydrogen-bond acceptors (Lipinski definition) is 0. The third kappa shape index (κ3) is 18.6. The van der Waals surface area contributed by atoms with Gasteiger partial charge < -0.3 is 0 Å². The molecule has 0 nitrogen and oxygen atoms in total. The summed E-state index contributed by atoms with van der Waals surface area (Å²) in [7, 11) is 0. The molecule has 0 unspecified atom stereocenters. The Morgan fingerprint density at radius 1 is 1.29 bits per heavy atom. The summed E-state index contributed by atoms with van der Waals surface area (Å²) in [5, 5.41) is 0. The van der Waals surface area contributed by atoms with Crippen molar-refractivity contribution in [1.82, 2.24) is 0 Å². The van der Waals surface area contributed by atoms with Crippen LogP contribution in [-0.4, -0.2) is 1.93 Å². The van der Waals surface area contributed by atoms with Gasteiger partial charge in [-0.25, -0.2) is 0 Å². The van der Waals surface area contributed by atoms with Crippen LogP contribution < -0.4 is 0 Å². The van der Waals surface area contributed by atoms with Gasteiger partial charge in [-0.15, -0.1) is 0 Å². The van der Waals surface area contributed by atoms with Crippen molar-refractivity contribution < 1.29 is 0 Å². The Labute approximate surface area is 73.7 Å². The largest absolute Gasteiger partial charge is 0.0710 e. The Balaban J connectivity index is 0. The monoisotopic (exact) mass is 326 g/mol. The first-order chi connectivity index (χ1) is 3.27. The molecule has 0 aliphatic carbocycles. The predicted molar refractivity (Wildman–Crippen MR) is 53.5 cm³/mol. The molecule has 0 aromatic carbocycles. The molecule has 0 rings (SSSR count). The van der Waals surface area contributed by atoms with E-state index < -0.39 is 0 Å². The second-order valence-electron chi connectivity index (χ2n) is 0.799. The molecule has 0 aliphatic rings. The van der Waals surface area contributed by atoms with E-state index in [0.29, 0.717) is 0 Å². The summed E-state index contributed by atoms with van der Waals surface area (Å²) in [5.41, 5.74) is 0. The van der Waals surface area contributed by atoms with Crippen LogP contribution in [0.25, 0.3) is 0 Å². The summed E-state index contributed by atoms with van der Waals surface area (Å²) in [6.07, 6.45) is 1.28. The average Bonchev–Trinajstić information content (AvgIpc) is 1.73. The van der Waals surface area contributed by atoms with Crippen molar-refractivity contribution in [2.24, 2.45) is 0 Å². The molecule has 46 valence electrons. The van der Waals surface area contributed by atoms with Crippen molar-refractivity contribution in [1.29, 1.82) is 0 Å². The maximum absolute atomic E-state index is 2.39. The number of halogens is 2. The van der Waals surface area contributed by atoms with Crippen molar-refractivity contribution in [2.45, 2.75) is 29.1 Å².